The highest BCUT2D eigenvalue weighted by atomic mass is 32.1. The Morgan fingerprint density at radius 3 is 2.59 bits per heavy atom. The predicted molar refractivity (Wildman–Crippen MR) is 71.5 cm³/mol. The van der Waals surface area contributed by atoms with Gasteiger partial charge in [0.15, 0.2) is 0 Å². The highest BCUT2D eigenvalue weighted by molar-refractivity contribution is 7.80. The van der Waals surface area contributed by atoms with Gasteiger partial charge in [0.25, 0.3) is 0 Å². The van der Waals surface area contributed by atoms with Crippen molar-refractivity contribution in [3.8, 4) is 0 Å². The number of carbonyl (C=O) groups excluding carboxylic acids is 1. The average molecular weight is 253 g/mol. The first kappa shape index (κ1) is 14.1. The predicted octanol–water partition coefficient (Wildman–Crippen LogP) is 2.01. The fraction of sp³-hybridized carbons (Fsp3) is 0.462. The smallest absolute Gasteiger partial charge is 0.226 e. The molecular weight excluding hydrogens is 234 g/mol. The second-order valence-electron chi connectivity index (χ2n) is 3.86. The molecule has 0 radical (unpaired) electrons. The van der Waals surface area contributed by atoms with Crippen LogP contribution >= 0.6 is 12.6 Å². The molecule has 0 aliphatic heterocycles. The zero-order chi connectivity index (χ0) is 12.7. The van der Waals surface area contributed by atoms with Crippen LogP contribution in [-0.4, -0.2) is 37.6 Å². The van der Waals surface area contributed by atoms with Gasteiger partial charge in [-0.1, -0.05) is 12.1 Å². The van der Waals surface area contributed by atoms with Gasteiger partial charge in [0.2, 0.25) is 5.91 Å². The number of ether oxygens (including phenoxy) is 1. The maximum absolute atomic E-state index is 11.8. The summed E-state index contributed by atoms with van der Waals surface area (Å²) in [4.78, 5) is 14.4. The van der Waals surface area contributed by atoms with Gasteiger partial charge in [0, 0.05) is 25.1 Å². The third-order valence-corrected chi connectivity index (χ3v) is 2.79. The Morgan fingerprint density at radius 2 is 2.00 bits per heavy atom. The zero-order valence-electron chi connectivity index (χ0n) is 10.3. The summed E-state index contributed by atoms with van der Waals surface area (Å²) in [7, 11) is 1.80. The quantitative estimate of drug-likeness (QED) is 0.621. The molecule has 3 nitrogen and oxygen atoms in total. The minimum Gasteiger partial charge on any atom is -0.380 e. The number of nitrogens with zero attached hydrogens (tertiary/aromatic N) is 1. The monoisotopic (exact) mass is 253 g/mol. The molecule has 94 valence electrons. The van der Waals surface area contributed by atoms with Gasteiger partial charge in [-0.25, -0.2) is 0 Å². The van der Waals surface area contributed by atoms with E-state index in [-0.39, 0.29) is 5.91 Å². The first-order valence-electron chi connectivity index (χ1n) is 5.73. The van der Waals surface area contributed by atoms with Crippen molar-refractivity contribution in [3.05, 3.63) is 29.8 Å². The molecule has 0 bridgehead atoms. The number of benzene rings is 1. The largest absolute Gasteiger partial charge is 0.380 e. The first-order valence-corrected chi connectivity index (χ1v) is 6.17. The number of amides is 1. The summed E-state index contributed by atoms with van der Waals surface area (Å²) in [5.74, 6) is 0.108. The molecule has 0 aromatic heterocycles. The molecule has 0 spiro atoms. The lowest BCUT2D eigenvalue weighted by atomic mass is 10.1. The SMILES string of the molecule is CCOCCN(C)C(=O)Cc1ccc(S)cc1. The van der Waals surface area contributed by atoms with Crippen molar-refractivity contribution in [3.63, 3.8) is 0 Å². The van der Waals surface area contributed by atoms with E-state index in [0.29, 0.717) is 26.2 Å². The minimum atomic E-state index is 0.108. The lowest BCUT2D eigenvalue weighted by Crippen LogP contribution is -2.31. The van der Waals surface area contributed by atoms with Gasteiger partial charge < -0.3 is 9.64 Å². The summed E-state index contributed by atoms with van der Waals surface area (Å²) in [6.07, 6.45) is 0.427. The van der Waals surface area contributed by atoms with E-state index in [1.165, 1.54) is 0 Å². The van der Waals surface area contributed by atoms with E-state index in [1.54, 1.807) is 11.9 Å². The fourth-order valence-corrected chi connectivity index (χ4v) is 1.54. The number of rotatable bonds is 6. The van der Waals surface area contributed by atoms with Gasteiger partial charge in [0.1, 0.15) is 0 Å². The Morgan fingerprint density at radius 1 is 1.35 bits per heavy atom. The third-order valence-electron chi connectivity index (χ3n) is 2.49. The second kappa shape index (κ2) is 7.35. The van der Waals surface area contributed by atoms with Gasteiger partial charge in [-0.05, 0) is 24.6 Å². The van der Waals surface area contributed by atoms with Crippen molar-refractivity contribution in [2.24, 2.45) is 0 Å². The van der Waals surface area contributed by atoms with Crippen LogP contribution in [0.1, 0.15) is 12.5 Å². The van der Waals surface area contributed by atoms with Crippen molar-refractivity contribution in [1.29, 1.82) is 0 Å². The molecule has 0 fully saturated rings. The van der Waals surface area contributed by atoms with Gasteiger partial charge >= 0.3 is 0 Å². The number of carbonyl (C=O) groups is 1. The summed E-state index contributed by atoms with van der Waals surface area (Å²) >= 11 is 4.21. The van der Waals surface area contributed by atoms with E-state index in [4.69, 9.17) is 4.74 Å². The van der Waals surface area contributed by atoms with E-state index >= 15 is 0 Å². The summed E-state index contributed by atoms with van der Waals surface area (Å²) in [5.41, 5.74) is 1.01. The second-order valence-corrected chi connectivity index (χ2v) is 4.37. The first-order chi connectivity index (χ1) is 8.13. The molecule has 0 saturated carbocycles. The minimum absolute atomic E-state index is 0.108. The van der Waals surface area contributed by atoms with Crippen LogP contribution in [-0.2, 0) is 16.0 Å². The number of hydrogen-bond acceptors (Lipinski definition) is 3. The molecule has 0 heterocycles. The highest BCUT2D eigenvalue weighted by Crippen LogP contribution is 2.09. The molecule has 0 aliphatic carbocycles. The van der Waals surface area contributed by atoms with Gasteiger partial charge in [0.05, 0.1) is 13.0 Å². The average Bonchev–Trinajstić information content (AvgIpc) is 2.32. The van der Waals surface area contributed by atoms with Crippen molar-refractivity contribution in [2.45, 2.75) is 18.2 Å². The molecule has 17 heavy (non-hydrogen) atoms. The van der Waals surface area contributed by atoms with Crippen LogP contribution in [0.25, 0.3) is 0 Å². The fourth-order valence-electron chi connectivity index (χ4n) is 1.39. The van der Waals surface area contributed by atoms with Gasteiger partial charge in [-0.3, -0.25) is 4.79 Å². The third kappa shape index (κ3) is 5.24. The zero-order valence-corrected chi connectivity index (χ0v) is 11.2. The standard InChI is InChI=1S/C13H19NO2S/c1-3-16-9-8-14(2)13(15)10-11-4-6-12(17)7-5-11/h4-7,17H,3,8-10H2,1-2H3. The van der Waals surface area contributed by atoms with E-state index in [1.807, 2.05) is 31.2 Å². The van der Waals surface area contributed by atoms with Crippen LogP contribution in [0.3, 0.4) is 0 Å². The van der Waals surface area contributed by atoms with Crippen LogP contribution in [0.5, 0.6) is 0 Å². The molecule has 1 rings (SSSR count). The van der Waals surface area contributed by atoms with Crippen LogP contribution in [0, 0.1) is 0 Å². The van der Waals surface area contributed by atoms with Crippen molar-refractivity contribution >= 4 is 18.5 Å². The Balaban J connectivity index is 2.40. The lowest BCUT2D eigenvalue weighted by Gasteiger charge is -2.17. The maximum atomic E-state index is 11.8. The number of hydrogen-bond donors (Lipinski definition) is 1. The van der Waals surface area contributed by atoms with Gasteiger partial charge in [-0.2, -0.15) is 0 Å². The normalized spacial score (nSPS) is 10.3. The summed E-state index contributed by atoms with van der Waals surface area (Å²) in [6, 6.07) is 7.64. The molecule has 0 aliphatic rings. The van der Waals surface area contributed by atoms with Crippen molar-refractivity contribution in [1.82, 2.24) is 4.90 Å². The van der Waals surface area contributed by atoms with E-state index in [9.17, 15) is 4.79 Å². The maximum Gasteiger partial charge on any atom is 0.226 e. The Hall–Kier alpha value is -1.00. The van der Waals surface area contributed by atoms with E-state index < -0.39 is 0 Å². The molecular formula is C13H19NO2S. The summed E-state index contributed by atoms with van der Waals surface area (Å²) < 4.78 is 5.22. The molecule has 1 aromatic rings. The molecule has 1 aromatic carbocycles. The Labute approximate surface area is 108 Å². The summed E-state index contributed by atoms with van der Waals surface area (Å²) in [6.45, 7) is 3.86. The molecule has 1 amide bonds. The van der Waals surface area contributed by atoms with E-state index in [0.717, 1.165) is 10.5 Å². The highest BCUT2D eigenvalue weighted by Gasteiger charge is 2.08. The molecule has 0 unspecified atom stereocenters. The van der Waals surface area contributed by atoms with Crippen LogP contribution in [0.15, 0.2) is 29.2 Å². The van der Waals surface area contributed by atoms with E-state index in [2.05, 4.69) is 12.6 Å². The van der Waals surface area contributed by atoms with Crippen molar-refractivity contribution in [2.75, 3.05) is 26.8 Å². The Kier molecular flexibility index (Phi) is 6.08. The molecule has 0 atom stereocenters. The summed E-state index contributed by atoms with van der Waals surface area (Å²) in [5, 5.41) is 0. The molecule has 0 N–H and O–H groups in total. The van der Waals surface area contributed by atoms with Crippen LogP contribution in [0.4, 0.5) is 0 Å². The number of thiol groups is 1. The van der Waals surface area contributed by atoms with Crippen molar-refractivity contribution < 1.29 is 9.53 Å². The molecule has 4 heteroatoms. The topological polar surface area (TPSA) is 29.5 Å². The Bertz CT molecular complexity index is 351. The van der Waals surface area contributed by atoms with Gasteiger partial charge in [-0.15, -0.1) is 12.6 Å². The lowest BCUT2D eigenvalue weighted by molar-refractivity contribution is -0.129. The number of likely N-dealkylation sites (N-methyl/N-ethyl adjacent to an activating group) is 1. The van der Waals surface area contributed by atoms with Crippen LogP contribution < -0.4 is 0 Å². The molecule has 0 saturated heterocycles. The van der Waals surface area contributed by atoms with Crippen LogP contribution in [0.2, 0.25) is 0 Å².